The zero-order valence-corrected chi connectivity index (χ0v) is 19.8. The Bertz CT molecular complexity index is 1080. The summed E-state index contributed by atoms with van der Waals surface area (Å²) in [6.07, 6.45) is 1.76. The Morgan fingerprint density at radius 2 is 1.97 bits per heavy atom. The molecule has 0 radical (unpaired) electrons. The third-order valence-corrected chi connectivity index (χ3v) is 6.60. The molecule has 0 aliphatic carbocycles. The van der Waals surface area contributed by atoms with Crippen LogP contribution in [0, 0.1) is 13.8 Å². The van der Waals surface area contributed by atoms with Crippen molar-refractivity contribution in [1.82, 2.24) is 25.0 Å². The molecular weight excluding hydrogens is 410 g/mol. The minimum absolute atomic E-state index is 0.0301. The summed E-state index contributed by atoms with van der Waals surface area (Å²) in [6, 6.07) is 4.25. The van der Waals surface area contributed by atoms with E-state index in [1.165, 1.54) is 9.75 Å². The maximum atomic E-state index is 13.3. The van der Waals surface area contributed by atoms with Gasteiger partial charge in [-0.25, -0.2) is 9.67 Å². The summed E-state index contributed by atoms with van der Waals surface area (Å²) in [4.78, 5) is 23.0. The standard InChI is InChI=1S/C23H31N5O2S/c1-14(2)28-22-20(12-24-28)19(11-21(26-22)18-10-16(4)31-17(18)5)23(29)25-15(3)13-27-6-8-30-9-7-27/h10-12,14-15H,6-9,13H2,1-5H3,(H,25,29). The van der Waals surface area contributed by atoms with Gasteiger partial charge in [0.1, 0.15) is 0 Å². The van der Waals surface area contributed by atoms with E-state index in [4.69, 9.17) is 9.72 Å². The van der Waals surface area contributed by atoms with E-state index < -0.39 is 0 Å². The number of amides is 1. The maximum Gasteiger partial charge on any atom is 0.252 e. The minimum atomic E-state index is -0.0812. The highest BCUT2D eigenvalue weighted by Gasteiger charge is 2.22. The fourth-order valence-corrected chi connectivity index (χ4v) is 5.06. The van der Waals surface area contributed by atoms with Crippen molar-refractivity contribution in [3.63, 3.8) is 0 Å². The number of nitrogens with zero attached hydrogens (tertiary/aromatic N) is 4. The van der Waals surface area contributed by atoms with Crippen molar-refractivity contribution in [2.75, 3.05) is 32.8 Å². The number of carbonyl (C=O) groups is 1. The van der Waals surface area contributed by atoms with E-state index in [1.54, 1.807) is 17.5 Å². The molecule has 1 atom stereocenters. The van der Waals surface area contributed by atoms with Crippen LogP contribution in [-0.4, -0.2) is 64.5 Å². The lowest BCUT2D eigenvalue weighted by atomic mass is 10.1. The van der Waals surface area contributed by atoms with Crippen molar-refractivity contribution in [2.45, 2.75) is 46.7 Å². The van der Waals surface area contributed by atoms with Crippen LogP contribution in [0.2, 0.25) is 0 Å². The molecule has 1 aliphatic rings. The van der Waals surface area contributed by atoms with Crippen molar-refractivity contribution in [3.05, 3.63) is 33.6 Å². The number of carbonyl (C=O) groups excluding carboxylic acids is 1. The third-order valence-electron chi connectivity index (χ3n) is 5.63. The average Bonchev–Trinajstić information content (AvgIpc) is 3.30. The first kappa shape index (κ1) is 21.9. The molecule has 31 heavy (non-hydrogen) atoms. The van der Waals surface area contributed by atoms with Crippen LogP contribution in [0.3, 0.4) is 0 Å². The molecule has 1 aliphatic heterocycles. The molecule has 0 spiro atoms. The summed E-state index contributed by atoms with van der Waals surface area (Å²) >= 11 is 1.75. The zero-order valence-electron chi connectivity index (χ0n) is 18.9. The third kappa shape index (κ3) is 4.66. The first-order valence-corrected chi connectivity index (χ1v) is 11.7. The van der Waals surface area contributed by atoms with Crippen LogP contribution >= 0.6 is 11.3 Å². The van der Waals surface area contributed by atoms with Gasteiger partial charge in [0.15, 0.2) is 5.65 Å². The summed E-state index contributed by atoms with van der Waals surface area (Å²) in [5, 5.41) is 8.51. The summed E-state index contributed by atoms with van der Waals surface area (Å²) in [5.41, 5.74) is 3.28. The first-order chi connectivity index (χ1) is 14.8. The summed E-state index contributed by atoms with van der Waals surface area (Å²) in [6.45, 7) is 14.5. The second-order valence-electron chi connectivity index (χ2n) is 8.59. The van der Waals surface area contributed by atoms with Crippen molar-refractivity contribution in [2.24, 2.45) is 0 Å². The number of hydrogen-bond acceptors (Lipinski definition) is 6. The highest BCUT2D eigenvalue weighted by atomic mass is 32.1. The van der Waals surface area contributed by atoms with Crippen LogP contribution in [0.1, 0.15) is 46.9 Å². The highest BCUT2D eigenvalue weighted by molar-refractivity contribution is 7.12. The molecule has 4 rings (SSSR count). The van der Waals surface area contributed by atoms with Gasteiger partial charge in [-0.1, -0.05) is 0 Å². The van der Waals surface area contributed by atoms with Gasteiger partial charge >= 0.3 is 0 Å². The number of rotatable bonds is 6. The molecule has 1 fully saturated rings. The first-order valence-electron chi connectivity index (χ1n) is 10.9. The van der Waals surface area contributed by atoms with Crippen LogP contribution in [0.4, 0.5) is 0 Å². The smallest absolute Gasteiger partial charge is 0.252 e. The Kier molecular flexibility index (Phi) is 6.41. The molecule has 3 aromatic heterocycles. The monoisotopic (exact) mass is 441 g/mol. The van der Waals surface area contributed by atoms with Crippen molar-refractivity contribution >= 4 is 28.3 Å². The topological polar surface area (TPSA) is 72.3 Å². The largest absolute Gasteiger partial charge is 0.379 e. The van der Waals surface area contributed by atoms with Gasteiger partial charge in [0.2, 0.25) is 0 Å². The number of hydrogen-bond donors (Lipinski definition) is 1. The fourth-order valence-electron chi connectivity index (χ4n) is 4.13. The Labute approximate surface area is 187 Å². The van der Waals surface area contributed by atoms with Crippen molar-refractivity contribution in [1.29, 1.82) is 0 Å². The molecule has 8 heteroatoms. The van der Waals surface area contributed by atoms with Crippen molar-refractivity contribution in [3.8, 4) is 11.3 Å². The maximum absolute atomic E-state index is 13.3. The number of nitrogens with one attached hydrogen (secondary N) is 1. The molecular formula is C23H31N5O2S. The molecule has 1 saturated heterocycles. The summed E-state index contributed by atoms with van der Waals surface area (Å²) < 4.78 is 7.31. The number of thiophene rings is 1. The molecule has 166 valence electrons. The quantitative estimate of drug-likeness (QED) is 0.630. The number of pyridine rings is 1. The number of aromatic nitrogens is 3. The number of fused-ring (bicyclic) bond motifs is 1. The molecule has 1 unspecified atom stereocenters. The molecule has 1 amide bonds. The van der Waals surface area contributed by atoms with E-state index in [0.29, 0.717) is 5.56 Å². The Balaban J connectivity index is 1.68. The van der Waals surface area contributed by atoms with Crippen LogP contribution in [0.5, 0.6) is 0 Å². The Hall–Kier alpha value is -2.29. The number of ether oxygens (including phenoxy) is 1. The zero-order chi connectivity index (χ0) is 22.1. The molecule has 3 aromatic rings. The fraction of sp³-hybridized carbons (Fsp3) is 0.522. The van der Waals surface area contributed by atoms with Crippen LogP contribution < -0.4 is 5.32 Å². The molecule has 1 N–H and O–H groups in total. The lowest BCUT2D eigenvalue weighted by Crippen LogP contribution is -2.46. The van der Waals surface area contributed by atoms with Crippen molar-refractivity contribution < 1.29 is 9.53 Å². The molecule has 7 nitrogen and oxygen atoms in total. The van der Waals surface area contributed by atoms with E-state index in [1.807, 2.05) is 10.7 Å². The van der Waals surface area contributed by atoms with Crippen LogP contribution in [0.25, 0.3) is 22.3 Å². The predicted molar refractivity (Wildman–Crippen MR) is 125 cm³/mol. The van der Waals surface area contributed by atoms with Gasteiger partial charge in [-0.2, -0.15) is 5.10 Å². The Morgan fingerprint density at radius 3 is 2.61 bits per heavy atom. The van der Waals surface area contributed by atoms with Crippen LogP contribution in [0.15, 0.2) is 18.3 Å². The van der Waals surface area contributed by atoms with Gasteiger partial charge in [0.05, 0.1) is 36.1 Å². The molecule has 0 aromatic carbocycles. The number of morpholine rings is 1. The van der Waals surface area contributed by atoms with Gasteiger partial charge in [-0.3, -0.25) is 9.69 Å². The van der Waals surface area contributed by atoms with Gasteiger partial charge in [0.25, 0.3) is 5.91 Å². The lowest BCUT2D eigenvalue weighted by molar-refractivity contribution is 0.0342. The van der Waals surface area contributed by atoms with E-state index >= 15 is 0 Å². The summed E-state index contributed by atoms with van der Waals surface area (Å²) in [5.74, 6) is -0.0812. The van der Waals surface area contributed by atoms with E-state index in [0.717, 1.165) is 55.1 Å². The normalized spacial score (nSPS) is 16.2. The second-order valence-corrected chi connectivity index (χ2v) is 10.1. The molecule has 0 saturated carbocycles. The molecule has 4 heterocycles. The average molecular weight is 442 g/mol. The minimum Gasteiger partial charge on any atom is -0.379 e. The van der Waals surface area contributed by atoms with Gasteiger partial charge in [0, 0.05) is 47.0 Å². The van der Waals surface area contributed by atoms with E-state index in [2.05, 4.69) is 56.0 Å². The molecule has 0 bridgehead atoms. The number of aryl methyl sites for hydroxylation is 2. The second kappa shape index (κ2) is 9.06. The van der Waals surface area contributed by atoms with E-state index in [-0.39, 0.29) is 18.0 Å². The SMILES string of the molecule is Cc1cc(-c2cc(C(=O)NC(C)CN3CCOCC3)c3cnn(C(C)C)c3n2)c(C)s1. The highest BCUT2D eigenvalue weighted by Crippen LogP contribution is 2.32. The summed E-state index contributed by atoms with van der Waals surface area (Å²) in [7, 11) is 0. The lowest BCUT2D eigenvalue weighted by Gasteiger charge is -2.29. The Morgan fingerprint density at radius 1 is 1.23 bits per heavy atom. The van der Waals surface area contributed by atoms with Crippen LogP contribution in [-0.2, 0) is 4.74 Å². The predicted octanol–water partition coefficient (Wildman–Crippen LogP) is 3.81. The van der Waals surface area contributed by atoms with Gasteiger partial charge in [-0.05, 0) is 46.8 Å². The van der Waals surface area contributed by atoms with E-state index in [9.17, 15) is 4.79 Å². The van der Waals surface area contributed by atoms with Gasteiger partial charge in [-0.15, -0.1) is 11.3 Å². The van der Waals surface area contributed by atoms with Gasteiger partial charge < -0.3 is 10.1 Å².